The molecule has 0 atom stereocenters. The lowest BCUT2D eigenvalue weighted by atomic mass is 10.0. The summed E-state index contributed by atoms with van der Waals surface area (Å²) in [6.45, 7) is 3.73. The van der Waals surface area contributed by atoms with Gasteiger partial charge in [0.05, 0.1) is 18.7 Å². The van der Waals surface area contributed by atoms with Gasteiger partial charge in [-0.3, -0.25) is 15.0 Å². The van der Waals surface area contributed by atoms with Gasteiger partial charge in [0.25, 0.3) is 5.91 Å². The Labute approximate surface area is 225 Å². The number of nitrogens with zero attached hydrogens (tertiary/aromatic N) is 2. The lowest BCUT2D eigenvalue weighted by Crippen LogP contribution is -2.30. The van der Waals surface area contributed by atoms with E-state index in [4.69, 9.17) is 20.0 Å². The van der Waals surface area contributed by atoms with Crippen molar-refractivity contribution in [3.63, 3.8) is 0 Å². The molecule has 2 aromatic rings. The van der Waals surface area contributed by atoms with Gasteiger partial charge in [0.15, 0.2) is 12.4 Å². The standard InChI is InChI=1S/C26H30N4O6.BrH/c1-3-35-23-10-17-13-30(25(27)20(17)12-21(23)26(34)28-2)14-22(31)16-8-18(29-6-4-5-7-29)11-19(9-16)36-15-24(32)33;/h8-12,27H,3-7,13-15H2,1-2H3,(H,28,34)(H,32,33);1H. The van der Waals surface area contributed by atoms with E-state index in [2.05, 4.69) is 10.2 Å². The van der Waals surface area contributed by atoms with Crippen LogP contribution in [0.5, 0.6) is 11.5 Å². The number of ketones is 1. The molecule has 2 aliphatic rings. The highest BCUT2D eigenvalue weighted by Gasteiger charge is 2.29. The Morgan fingerprint density at radius 3 is 2.46 bits per heavy atom. The van der Waals surface area contributed by atoms with Crippen LogP contribution in [0.4, 0.5) is 5.69 Å². The molecule has 1 saturated heterocycles. The summed E-state index contributed by atoms with van der Waals surface area (Å²) in [5.41, 5.74) is 2.94. The fourth-order valence-corrected chi connectivity index (χ4v) is 4.55. The molecule has 4 rings (SSSR count). The van der Waals surface area contributed by atoms with Crippen LogP contribution in [0, 0.1) is 5.41 Å². The van der Waals surface area contributed by atoms with Gasteiger partial charge >= 0.3 is 5.97 Å². The predicted molar refractivity (Wildman–Crippen MR) is 144 cm³/mol. The first-order chi connectivity index (χ1) is 17.3. The smallest absolute Gasteiger partial charge is 0.341 e. The lowest BCUT2D eigenvalue weighted by Gasteiger charge is -2.21. The molecule has 11 heteroatoms. The third-order valence-corrected chi connectivity index (χ3v) is 6.29. The van der Waals surface area contributed by atoms with Crippen LogP contribution < -0.4 is 19.7 Å². The Bertz CT molecular complexity index is 1210. The fraction of sp³-hybridized carbons (Fsp3) is 0.385. The minimum atomic E-state index is -1.10. The SMILES string of the molecule is Br.CCOc1cc2c(cc1C(=O)NC)C(=N)N(CC(=O)c1cc(OCC(=O)O)cc(N3CCCC3)c1)C2. The summed E-state index contributed by atoms with van der Waals surface area (Å²) in [5, 5.41) is 20.2. The zero-order chi connectivity index (χ0) is 25.8. The Morgan fingerprint density at radius 1 is 1.08 bits per heavy atom. The van der Waals surface area contributed by atoms with Crippen LogP contribution in [-0.4, -0.2) is 73.4 Å². The summed E-state index contributed by atoms with van der Waals surface area (Å²) in [4.78, 5) is 40.5. The maximum atomic E-state index is 13.3. The molecule has 0 aromatic heterocycles. The number of anilines is 1. The number of benzene rings is 2. The average molecular weight is 575 g/mol. The van der Waals surface area contributed by atoms with Gasteiger partial charge in [-0.1, -0.05) is 0 Å². The summed E-state index contributed by atoms with van der Waals surface area (Å²) >= 11 is 0. The van der Waals surface area contributed by atoms with Crippen molar-refractivity contribution in [2.24, 2.45) is 0 Å². The molecule has 198 valence electrons. The van der Waals surface area contributed by atoms with Crippen LogP contribution in [0.25, 0.3) is 0 Å². The van der Waals surface area contributed by atoms with E-state index < -0.39 is 12.6 Å². The van der Waals surface area contributed by atoms with Crippen molar-refractivity contribution in [1.29, 1.82) is 5.41 Å². The van der Waals surface area contributed by atoms with E-state index in [1.165, 1.54) is 7.05 Å². The molecule has 0 spiro atoms. The van der Waals surface area contributed by atoms with Crippen LogP contribution in [0.2, 0.25) is 0 Å². The topological polar surface area (TPSA) is 132 Å². The number of carboxylic acid groups (broad SMARTS) is 1. The number of carboxylic acids is 1. The van der Waals surface area contributed by atoms with Crippen molar-refractivity contribution in [3.8, 4) is 11.5 Å². The third-order valence-electron chi connectivity index (χ3n) is 6.29. The second-order valence-corrected chi connectivity index (χ2v) is 8.74. The highest BCUT2D eigenvalue weighted by molar-refractivity contribution is 8.93. The fourth-order valence-electron chi connectivity index (χ4n) is 4.55. The number of fused-ring (bicyclic) bond motifs is 1. The summed E-state index contributed by atoms with van der Waals surface area (Å²) in [6.07, 6.45) is 2.10. The minimum absolute atomic E-state index is 0. The van der Waals surface area contributed by atoms with E-state index in [0.717, 1.165) is 37.2 Å². The summed E-state index contributed by atoms with van der Waals surface area (Å²) in [5.74, 6) is -0.706. The van der Waals surface area contributed by atoms with Gasteiger partial charge in [0, 0.05) is 49.6 Å². The van der Waals surface area contributed by atoms with Gasteiger partial charge in [-0.2, -0.15) is 0 Å². The average Bonchev–Trinajstić information content (AvgIpc) is 3.50. The van der Waals surface area contributed by atoms with E-state index in [1.807, 2.05) is 6.92 Å². The molecule has 2 heterocycles. The van der Waals surface area contributed by atoms with Crippen LogP contribution in [0.15, 0.2) is 30.3 Å². The van der Waals surface area contributed by atoms with Crippen LogP contribution in [-0.2, 0) is 11.3 Å². The maximum absolute atomic E-state index is 13.3. The molecule has 0 bridgehead atoms. The van der Waals surface area contributed by atoms with Crippen LogP contribution in [0.3, 0.4) is 0 Å². The van der Waals surface area contributed by atoms with E-state index in [-0.39, 0.29) is 41.1 Å². The Kier molecular flexibility index (Phi) is 9.14. The van der Waals surface area contributed by atoms with Gasteiger partial charge in [0.2, 0.25) is 0 Å². The normalized spacial score (nSPS) is 14.2. The summed E-state index contributed by atoms with van der Waals surface area (Å²) in [6, 6.07) is 8.50. The third kappa shape index (κ3) is 6.22. The number of hydrogen-bond donors (Lipinski definition) is 3. The Hall–Kier alpha value is -3.60. The molecule has 3 N–H and O–H groups in total. The van der Waals surface area contributed by atoms with E-state index in [1.54, 1.807) is 35.2 Å². The molecule has 2 aromatic carbocycles. The maximum Gasteiger partial charge on any atom is 0.341 e. The number of ether oxygens (including phenoxy) is 2. The predicted octanol–water partition coefficient (Wildman–Crippen LogP) is 3.11. The molecule has 0 radical (unpaired) electrons. The molecule has 37 heavy (non-hydrogen) atoms. The lowest BCUT2D eigenvalue weighted by molar-refractivity contribution is -0.139. The monoisotopic (exact) mass is 574 g/mol. The van der Waals surface area contributed by atoms with Gasteiger partial charge in [-0.15, -0.1) is 17.0 Å². The minimum Gasteiger partial charge on any atom is -0.493 e. The number of carbonyl (C=O) groups excluding carboxylic acids is 2. The number of Topliss-reactive ketones (excluding diaryl/α,β-unsaturated/α-hetero) is 1. The quantitative estimate of drug-likeness (QED) is 0.369. The Balaban J connectivity index is 0.00000380. The molecule has 1 amide bonds. The van der Waals surface area contributed by atoms with Crippen molar-refractivity contribution in [3.05, 3.63) is 52.6 Å². The van der Waals surface area contributed by atoms with Gasteiger partial charge in [-0.25, -0.2) is 4.79 Å². The molecule has 1 fully saturated rings. The van der Waals surface area contributed by atoms with Crippen molar-refractivity contribution >= 4 is 46.2 Å². The summed E-state index contributed by atoms with van der Waals surface area (Å²) < 4.78 is 11.0. The molecule has 10 nitrogen and oxygen atoms in total. The van der Waals surface area contributed by atoms with Crippen molar-refractivity contribution in [2.75, 3.05) is 44.8 Å². The molecule has 0 aliphatic carbocycles. The molecule has 2 aliphatic heterocycles. The zero-order valence-corrected chi connectivity index (χ0v) is 22.5. The molecule has 0 unspecified atom stereocenters. The summed E-state index contributed by atoms with van der Waals surface area (Å²) in [7, 11) is 1.53. The first-order valence-corrected chi connectivity index (χ1v) is 11.9. The zero-order valence-electron chi connectivity index (χ0n) is 20.8. The second-order valence-electron chi connectivity index (χ2n) is 8.74. The molecular weight excluding hydrogens is 544 g/mol. The number of nitrogens with one attached hydrogen (secondary N) is 2. The van der Waals surface area contributed by atoms with Crippen LogP contribution >= 0.6 is 17.0 Å². The first kappa shape index (κ1) is 28.0. The van der Waals surface area contributed by atoms with Gasteiger partial charge in [0.1, 0.15) is 17.3 Å². The molecular formula is C26H31BrN4O6. The van der Waals surface area contributed by atoms with E-state index in [0.29, 0.717) is 41.3 Å². The second kappa shape index (κ2) is 12.1. The van der Waals surface area contributed by atoms with Crippen molar-refractivity contribution in [1.82, 2.24) is 10.2 Å². The highest BCUT2D eigenvalue weighted by atomic mass is 79.9. The largest absolute Gasteiger partial charge is 0.493 e. The van der Waals surface area contributed by atoms with Crippen molar-refractivity contribution in [2.45, 2.75) is 26.3 Å². The van der Waals surface area contributed by atoms with Gasteiger partial charge in [-0.05, 0) is 49.6 Å². The number of aliphatic carboxylic acids is 1. The van der Waals surface area contributed by atoms with Crippen LogP contribution in [0.1, 0.15) is 51.6 Å². The number of hydrogen-bond acceptors (Lipinski definition) is 7. The number of rotatable bonds is 10. The Morgan fingerprint density at radius 2 is 1.81 bits per heavy atom. The number of amides is 1. The molecule has 0 saturated carbocycles. The van der Waals surface area contributed by atoms with E-state index in [9.17, 15) is 14.4 Å². The number of amidine groups is 1. The van der Waals surface area contributed by atoms with Crippen molar-refractivity contribution < 1.29 is 29.0 Å². The first-order valence-electron chi connectivity index (χ1n) is 11.9. The number of halogens is 1. The van der Waals surface area contributed by atoms with E-state index >= 15 is 0 Å². The number of carbonyl (C=O) groups is 3. The highest BCUT2D eigenvalue weighted by Crippen LogP contribution is 2.32. The van der Waals surface area contributed by atoms with Gasteiger partial charge < -0.3 is 29.7 Å².